The molecule has 0 radical (unpaired) electrons. The maximum Gasteiger partial charge on any atom is 0.228 e. The van der Waals surface area contributed by atoms with Crippen LogP contribution in [0.1, 0.15) is 19.3 Å². The van der Waals surface area contributed by atoms with Gasteiger partial charge in [-0.2, -0.15) is 0 Å². The standard InChI is InChI=1S/C12H20N2O2/c15-11(10-1-6-16-7-10)14-4-2-12(3-5-14)8-13-9-12/h10,13H,1-9H2. The van der Waals surface area contributed by atoms with Gasteiger partial charge in [-0.05, 0) is 24.7 Å². The minimum Gasteiger partial charge on any atom is -0.381 e. The molecule has 0 aliphatic carbocycles. The molecule has 1 spiro atoms. The highest BCUT2D eigenvalue weighted by molar-refractivity contribution is 5.79. The van der Waals surface area contributed by atoms with Gasteiger partial charge in [-0.15, -0.1) is 0 Å². The van der Waals surface area contributed by atoms with Crippen molar-refractivity contribution in [3.05, 3.63) is 0 Å². The van der Waals surface area contributed by atoms with Gasteiger partial charge >= 0.3 is 0 Å². The molecular formula is C12H20N2O2. The monoisotopic (exact) mass is 224 g/mol. The van der Waals surface area contributed by atoms with E-state index in [1.807, 2.05) is 0 Å². The van der Waals surface area contributed by atoms with Crippen molar-refractivity contribution in [3.63, 3.8) is 0 Å². The highest BCUT2D eigenvalue weighted by Crippen LogP contribution is 2.35. The summed E-state index contributed by atoms with van der Waals surface area (Å²) in [5.74, 6) is 0.480. The molecule has 4 nitrogen and oxygen atoms in total. The summed E-state index contributed by atoms with van der Waals surface area (Å²) in [5, 5.41) is 3.35. The van der Waals surface area contributed by atoms with E-state index in [1.165, 1.54) is 12.8 Å². The van der Waals surface area contributed by atoms with Gasteiger partial charge in [0.2, 0.25) is 5.91 Å². The molecule has 1 atom stereocenters. The van der Waals surface area contributed by atoms with E-state index in [-0.39, 0.29) is 5.92 Å². The SMILES string of the molecule is O=C(C1CCOC1)N1CCC2(CC1)CNC2. The summed E-state index contributed by atoms with van der Waals surface area (Å²) in [4.78, 5) is 14.2. The molecule has 3 heterocycles. The Balaban J connectivity index is 1.54. The summed E-state index contributed by atoms with van der Waals surface area (Å²) in [7, 11) is 0. The maximum absolute atomic E-state index is 12.1. The van der Waals surface area contributed by atoms with Crippen LogP contribution < -0.4 is 5.32 Å². The van der Waals surface area contributed by atoms with Crippen LogP contribution >= 0.6 is 0 Å². The Morgan fingerprint density at radius 3 is 2.56 bits per heavy atom. The second-order valence-corrected chi connectivity index (χ2v) is 5.49. The Morgan fingerprint density at radius 1 is 1.31 bits per heavy atom. The number of likely N-dealkylation sites (tertiary alicyclic amines) is 1. The molecule has 1 amide bonds. The molecule has 3 fully saturated rings. The average molecular weight is 224 g/mol. The fourth-order valence-corrected chi connectivity index (χ4v) is 3.02. The van der Waals surface area contributed by atoms with E-state index >= 15 is 0 Å². The van der Waals surface area contributed by atoms with Crippen molar-refractivity contribution in [1.82, 2.24) is 10.2 Å². The molecule has 0 aromatic rings. The summed E-state index contributed by atoms with van der Waals surface area (Å²) < 4.78 is 5.28. The molecule has 0 bridgehead atoms. The van der Waals surface area contributed by atoms with Crippen LogP contribution in [0.5, 0.6) is 0 Å². The van der Waals surface area contributed by atoms with Crippen molar-refractivity contribution < 1.29 is 9.53 Å². The summed E-state index contributed by atoms with van der Waals surface area (Å²) in [5.41, 5.74) is 0.531. The van der Waals surface area contributed by atoms with Crippen LogP contribution in [0.25, 0.3) is 0 Å². The van der Waals surface area contributed by atoms with Crippen molar-refractivity contribution >= 4 is 5.91 Å². The van der Waals surface area contributed by atoms with Gasteiger partial charge in [-0.3, -0.25) is 4.79 Å². The van der Waals surface area contributed by atoms with Gasteiger partial charge in [0.05, 0.1) is 12.5 Å². The van der Waals surface area contributed by atoms with Crippen LogP contribution in [0, 0.1) is 11.3 Å². The topological polar surface area (TPSA) is 41.6 Å². The minimum absolute atomic E-state index is 0.147. The summed E-state index contributed by atoms with van der Waals surface area (Å²) >= 11 is 0. The van der Waals surface area contributed by atoms with Crippen LogP contribution in [0.3, 0.4) is 0 Å². The van der Waals surface area contributed by atoms with Crippen molar-refractivity contribution in [1.29, 1.82) is 0 Å². The first-order chi connectivity index (χ1) is 7.79. The Hall–Kier alpha value is -0.610. The lowest BCUT2D eigenvalue weighted by Gasteiger charge is -2.48. The lowest BCUT2D eigenvalue weighted by Crippen LogP contribution is -2.59. The molecule has 3 rings (SSSR count). The zero-order valence-corrected chi connectivity index (χ0v) is 9.71. The van der Waals surface area contributed by atoms with Gasteiger partial charge < -0.3 is 15.0 Å². The van der Waals surface area contributed by atoms with Gasteiger partial charge in [-0.25, -0.2) is 0 Å². The Morgan fingerprint density at radius 2 is 2.06 bits per heavy atom. The molecule has 0 aromatic heterocycles. The number of carbonyl (C=O) groups excluding carboxylic acids is 1. The molecule has 1 unspecified atom stereocenters. The number of ether oxygens (including phenoxy) is 1. The second kappa shape index (κ2) is 4.00. The van der Waals surface area contributed by atoms with Crippen LogP contribution in [0.2, 0.25) is 0 Å². The second-order valence-electron chi connectivity index (χ2n) is 5.49. The van der Waals surface area contributed by atoms with E-state index in [0.29, 0.717) is 17.9 Å². The first kappa shape index (κ1) is 10.5. The molecule has 4 heteroatoms. The number of amides is 1. The van der Waals surface area contributed by atoms with E-state index in [4.69, 9.17) is 4.74 Å². The van der Waals surface area contributed by atoms with Crippen LogP contribution in [-0.2, 0) is 9.53 Å². The Kier molecular flexibility index (Phi) is 2.64. The summed E-state index contributed by atoms with van der Waals surface area (Å²) in [6.45, 7) is 5.62. The highest BCUT2D eigenvalue weighted by Gasteiger charge is 2.41. The van der Waals surface area contributed by atoms with Gasteiger partial charge in [0, 0.05) is 32.8 Å². The zero-order chi connectivity index (χ0) is 11.0. The van der Waals surface area contributed by atoms with Gasteiger partial charge in [0.1, 0.15) is 0 Å². The molecular weight excluding hydrogens is 204 g/mol. The van der Waals surface area contributed by atoms with E-state index in [0.717, 1.165) is 39.2 Å². The third kappa shape index (κ3) is 1.74. The molecule has 0 saturated carbocycles. The molecule has 3 aliphatic rings. The smallest absolute Gasteiger partial charge is 0.228 e. The molecule has 3 saturated heterocycles. The number of rotatable bonds is 1. The number of carbonyl (C=O) groups is 1. The fourth-order valence-electron chi connectivity index (χ4n) is 3.02. The predicted molar refractivity (Wildman–Crippen MR) is 60.0 cm³/mol. The predicted octanol–water partition coefficient (Wildman–Crippen LogP) is 0.235. The maximum atomic E-state index is 12.1. The van der Waals surface area contributed by atoms with E-state index in [1.54, 1.807) is 0 Å². The third-order valence-corrected chi connectivity index (χ3v) is 4.41. The Bertz CT molecular complexity index is 273. The van der Waals surface area contributed by atoms with Gasteiger partial charge in [0.25, 0.3) is 0 Å². The van der Waals surface area contributed by atoms with Crippen molar-refractivity contribution in [3.8, 4) is 0 Å². The van der Waals surface area contributed by atoms with Gasteiger partial charge in [-0.1, -0.05) is 0 Å². The number of nitrogens with one attached hydrogen (secondary N) is 1. The molecule has 90 valence electrons. The molecule has 3 aliphatic heterocycles. The molecule has 1 N–H and O–H groups in total. The minimum atomic E-state index is 0.147. The highest BCUT2D eigenvalue weighted by atomic mass is 16.5. The van der Waals surface area contributed by atoms with E-state index < -0.39 is 0 Å². The fraction of sp³-hybridized carbons (Fsp3) is 0.917. The molecule has 0 aromatic carbocycles. The zero-order valence-electron chi connectivity index (χ0n) is 9.71. The number of nitrogens with zero attached hydrogens (tertiary/aromatic N) is 1. The lowest BCUT2D eigenvalue weighted by atomic mass is 9.73. The summed E-state index contributed by atoms with van der Waals surface area (Å²) in [6.07, 6.45) is 3.28. The van der Waals surface area contributed by atoms with Crippen molar-refractivity contribution in [2.75, 3.05) is 39.4 Å². The quantitative estimate of drug-likeness (QED) is 0.693. The van der Waals surface area contributed by atoms with Gasteiger partial charge in [0.15, 0.2) is 0 Å². The first-order valence-corrected chi connectivity index (χ1v) is 6.36. The number of piperidine rings is 1. The van der Waals surface area contributed by atoms with Crippen molar-refractivity contribution in [2.45, 2.75) is 19.3 Å². The normalized spacial score (nSPS) is 32.8. The lowest BCUT2D eigenvalue weighted by molar-refractivity contribution is -0.138. The van der Waals surface area contributed by atoms with Crippen molar-refractivity contribution in [2.24, 2.45) is 11.3 Å². The van der Waals surface area contributed by atoms with E-state index in [9.17, 15) is 4.79 Å². The largest absolute Gasteiger partial charge is 0.381 e. The van der Waals surface area contributed by atoms with Crippen LogP contribution in [-0.4, -0.2) is 50.2 Å². The Labute approximate surface area is 96.3 Å². The molecule has 16 heavy (non-hydrogen) atoms. The van der Waals surface area contributed by atoms with Crippen LogP contribution in [0.4, 0.5) is 0 Å². The number of hydrogen-bond acceptors (Lipinski definition) is 3. The average Bonchev–Trinajstić information content (AvgIpc) is 2.80. The number of hydrogen-bond donors (Lipinski definition) is 1. The third-order valence-electron chi connectivity index (χ3n) is 4.41. The van der Waals surface area contributed by atoms with E-state index in [2.05, 4.69) is 10.2 Å². The van der Waals surface area contributed by atoms with Crippen LogP contribution in [0.15, 0.2) is 0 Å². The first-order valence-electron chi connectivity index (χ1n) is 6.36. The summed E-state index contributed by atoms with van der Waals surface area (Å²) in [6, 6.07) is 0.